The van der Waals surface area contributed by atoms with Gasteiger partial charge >= 0.3 is 0 Å². The van der Waals surface area contributed by atoms with Gasteiger partial charge in [0.15, 0.2) is 0 Å². The quantitative estimate of drug-likeness (QED) is 0.326. The first-order valence-electron chi connectivity index (χ1n) is 12.7. The third-order valence-corrected chi connectivity index (χ3v) is 7.79. The van der Waals surface area contributed by atoms with Crippen molar-refractivity contribution >= 4 is 34.2 Å². The van der Waals surface area contributed by atoms with Crippen LogP contribution in [0.4, 0.5) is 0 Å². The Morgan fingerprint density at radius 1 is 1.11 bits per heavy atom. The van der Waals surface area contributed by atoms with Gasteiger partial charge in [-0.05, 0) is 54.6 Å². The van der Waals surface area contributed by atoms with Crippen LogP contribution < -0.4 is 14.8 Å². The summed E-state index contributed by atoms with van der Waals surface area (Å²) in [5.74, 6) is 0.583. The molecule has 198 valence electrons. The molecule has 2 aromatic heterocycles. The van der Waals surface area contributed by atoms with Crippen LogP contribution in [0.2, 0.25) is 0 Å². The van der Waals surface area contributed by atoms with E-state index in [1.54, 1.807) is 42.0 Å². The number of benzene rings is 2. The van der Waals surface area contributed by atoms with Crippen LogP contribution in [0.25, 0.3) is 11.0 Å². The Morgan fingerprint density at radius 3 is 2.66 bits per heavy atom. The summed E-state index contributed by atoms with van der Waals surface area (Å²) < 4.78 is 12.7. The topological polar surface area (TPSA) is 98.6 Å². The second-order valence-corrected chi connectivity index (χ2v) is 10.4. The molecule has 0 radical (unpaired) electrons. The normalized spacial score (nSPS) is 14.4. The molecule has 0 unspecified atom stereocenters. The molecule has 2 amide bonds. The first kappa shape index (κ1) is 25.7. The lowest BCUT2D eigenvalue weighted by Gasteiger charge is -2.33. The number of para-hydroxylation sites is 1. The molecule has 1 fully saturated rings. The van der Waals surface area contributed by atoms with Crippen LogP contribution in [-0.4, -0.2) is 52.0 Å². The van der Waals surface area contributed by atoms with Crippen molar-refractivity contribution in [1.82, 2.24) is 25.2 Å². The predicted octanol–water partition coefficient (Wildman–Crippen LogP) is 4.34. The molecule has 1 N–H and O–H groups in total. The second-order valence-electron chi connectivity index (χ2n) is 9.34. The Bertz CT molecular complexity index is 1400. The van der Waals surface area contributed by atoms with Gasteiger partial charge in [-0.25, -0.2) is 4.68 Å². The number of carbonyl (C=O) groups is 2. The summed E-state index contributed by atoms with van der Waals surface area (Å²) in [5.41, 5.74) is 2.02. The molecule has 2 heterocycles. The molecule has 1 saturated carbocycles. The number of hydrogen-bond donors (Lipinski definition) is 1. The number of rotatable bonds is 10. The summed E-state index contributed by atoms with van der Waals surface area (Å²) in [5, 5.41) is 13.6. The van der Waals surface area contributed by atoms with Crippen molar-refractivity contribution in [2.24, 2.45) is 0 Å². The van der Waals surface area contributed by atoms with E-state index in [0.29, 0.717) is 22.6 Å². The Balaban J connectivity index is 1.57. The van der Waals surface area contributed by atoms with Crippen molar-refractivity contribution in [2.45, 2.75) is 50.9 Å². The van der Waals surface area contributed by atoms with E-state index >= 15 is 0 Å². The fourth-order valence-corrected chi connectivity index (χ4v) is 5.70. The zero-order valence-corrected chi connectivity index (χ0v) is 22.3. The van der Waals surface area contributed by atoms with Crippen LogP contribution in [0.3, 0.4) is 0 Å². The van der Waals surface area contributed by atoms with Gasteiger partial charge in [0, 0.05) is 16.5 Å². The molecule has 1 aliphatic rings. The predicted molar refractivity (Wildman–Crippen MR) is 145 cm³/mol. The highest BCUT2D eigenvalue weighted by molar-refractivity contribution is 7.09. The van der Waals surface area contributed by atoms with Crippen molar-refractivity contribution < 1.29 is 19.1 Å². The lowest BCUT2D eigenvalue weighted by molar-refractivity contribution is -0.142. The molecule has 0 spiro atoms. The van der Waals surface area contributed by atoms with E-state index in [1.807, 2.05) is 41.8 Å². The van der Waals surface area contributed by atoms with Crippen molar-refractivity contribution in [3.8, 4) is 11.5 Å². The molecule has 9 nitrogen and oxygen atoms in total. The number of nitrogens with zero attached hydrogens (tertiary/aromatic N) is 4. The molecule has 38 heavy (non-hydrogen) atoms. The van der Waals surface area contributed by atoms with E-state index in [4.69, 9.17) is 9.47 Å². The number of thiophene rings is 1. The maximum absolute atomic E-state index is 14.1. The zero-order valence-electron chi connectivity index (χ0n) is 21.5. The molecule has 5 rings (SSSR count). The molecule has 1 atom stereocenters. The molecule has 0 aliphatic heterocycles. The van der Waals surface area contributed by atoms with Crippen LogP contribution in [0.5, 0.6) is 11.5 Å². The number of methoxy groups -OCH3 is 2. The van der Waals surface area contributed by atoms with Gasteiger partial charge < -0.3 is 19.7 Å². The first-order chi connectivity index (χ1) is 18.6. The van der Waals surface area contributed by atoms with E-state index < -0.39 is 6.04 Å². The number of aromatic nitrogens is 3. The number of hydrogen-bond acceptors (Lipinski definition) is 7. The Labute approximate surface area is 225 Å². The monoisotopic (exact) mass is 533 g/mol. The largest absolute Gasteiger partial charge is 0.497 e. The highest BCUT2D eigenvalue weighted by Gasteiger charge is 2.36. The van der Waals surface area contributed by atoms with Crippen LogP contribution >= 0.6 is 11.3 Å². The molecular formula is C28H31N5O4S. The maximum Gasteiger partial charge on any atom is 0.247 e. The fraction of sp³-hybridized carbons (Fsp3) is 0.357. The number of amides is 2. The van der Waals surface area contributed by atoms with E-state index in [-0.39, 0.29) is 30.9 Å². The molecule has 0 bridgehead atoms. The van der Waals surface area contributed by atoms with Gasteiger partial charge in [-0.2, -0.15) is 0 Å². The molecular weight excluding hydrogens is 502 g/mol. The summed E-state index contributed by atoms with van der Waals surface area (Å²) in [6.45, 7) is 0.192. The van der Waals surface area contributed by atoms with Crippen molar-refractivity contribution in [3.63, 3.8) is 0 Å². The van der Waals surface area contributed by atoms with Crippen LogP contribution in [0, 0.1) is 0 Å². The minimum atomic E-state index is -0.940. The fourth-order valence-electron chi connectivity index (χ4n) is 5.00. The van der Waals surface area contributed by atoms with Crippen LogP contribution in [0.1, 0.15) is 42.2 Å². The molecule has 4 aromatic rings. The lowest BCUT2D eigenvalue weighted by Crippen LogP contribution is -2.46. The van der Waals surface area contributed by atoms with E-state index in [0.717, 1.165) is 36.1 Å². The summed E-state index contributed by atoms with van der Waals surface area (Å²) in [6.07, 6.45) is 4.01. The van der Waals surface area contributed by atoms with Gasteiger partial charge in [0.05, 0.1) is 26.3 Å². The number of carbonyl (C=O) groups excluding carboxylic acids is 2. The average molecular weight is 534 g/mol. The maximum atomic E-state index is 14.1. The van der Waals surface area contributed by atoms with Gasteiger partial charge in [0.25, 0.3) is 0 Å². The van der Waals surface area contributed by atoms with Crippen LogP contribution in [0.15, 0.2) is 60.0 Å². The van der Waals surface area contributed by atoms with E-state index in [1.165, 1.54) is 11.3 Å². The van der Waals surface area contributed by atoms with Crippen LogP contribution in [-0.2, 0) is 22.7 Å². The smallest absolute Gasteiger partial charge is 0.247 e. The van der Waals surface area contributed by atoms with Gasteiger partial charge in [-0.3, -0.25) is 9.59 Å². The molecule has 1 aliphatic carbocycles. The summed E-state index contributed by atoms with van der Waals surface area (Å²) in [6, 6.07) is 15.9. The van der Waals surface area contributed by atoms with E-state index in [9.17, 15) is 9.59 Å². The van der Waals surface area contributed by atoms with Crippen molar-refractivity contribution in [3.05, 3.63) is 70.4 Å². The average Bonchev–Trinajstić information content (AvgIpc) is 3.72. The van der Waals surface area contributed by atoms with Crippen molar-refractivity contribution in [1.29, 1.82) is 0 Å². The Morgan fingerprint density at radius 2 is 1.92 bits per heavy atom. The van der Waals surface area contributed by atoms with Gasteiger partial charge in [-0.15, -0.1) is 16.4 Å². The highest BCUT2D eigenvalue weighted by Crippen LogP contribution is 2.35. The summed E-state index contributed by atoms with van der Waals surface area (Å²) in [7, 11) is 3.13. The third kappa shape index (κ3) is 5.50. The number of fused-ring (bicyclic) bond motifs is 1. The zero-order chi connectivity index (χ0) is 26.5. The summed E-state index contributed by atoms with van der Waals surface area (Å²) >= 11 is 1.54. The SMILES string of the molecule is COc1ccc(OC)c([C@@H](C(=O)NC2CCCC2)N(Cc2cccs2)C(=O)Cn2nnc3ccccc32)c1. The summed E-state index contributed by atoms with van der Waals surface area (Å²) in [4.78, 5) is 30.7. The minimum absolute atomic E-state index is 0.0641. The highest BCUT2D eigenvalue weighted by atomic mass is 32.1. The molecule has 2 aromatic carbocycles. The number of ether oxygens (including phenoxy) is 2. The molecule has 0 saturated heterocycles. The Hall–Kier alpha value is -3.92. The number of nitrogens with one attached hydrogen (secondary N) is 1. The lowest BCUT2D eigenvalue weighted by atomic mass is 10.0. The van der Waals surface area contributed by atoms with E-state index in [2.05, 4.69) is 15.6 Å². The van der Waals surface area contributed by atoms with Crippen molar-refractivity contribution in [2.75, 3.05) is 14.2 Å². The van der Waals surface area contributed by atoms with Gasteiger partial charge in [0.2, 0.25) is 11.8 Å². The van der Waals surface area contributed by atoms with Gasteiger partial charge in [-0.1, -0.05) is 36.3 Å². The minimum Gasteiger partial charge on any atom is -0.497 e. The Kier molecular flexibility index (Phi) is 7.88. The third-order valence-electron chi connectivity index (χ3n) is 6.92. The first-order valence-corrected chi connectivity index (χ1v) is 13.6. The van der Waals surface area contributed by atoms with Gasteiger partial charge in [0.1, 0.15) is 29.6 Å². The molecule has 10 heteroatoms. The standard InChI is InChI=1S/C28H31N5O4S/c1-36-20-13-14-25(37-2)22(16-20)27(28(35)29-19-8-3-4-9-19)32(17-21-10-7-15-38-21)26(34)18-33-24-12-6-5-11-23(24)30-31-33/h5-7,10-16,19,27H,3-4,8-9,17-18H2,1-2H3,(H,29,35)/t27-/m0/s1. The second kappa shape index (κ2) is 11.6.